The summed E-state index contributed by atoms with van der Waals surface area (Å²) in [6, 6.07) is 35.9. The number of aromatic nitrogens is 7. The van der Waals surface area contributed by atoms with Crippen LogP contribution >= 0.6 is 22.7 Å². The van der Waals surface area contributed by atoms with E-state index in [0.29, 0.717) is 27.6 Å². The number of aryl methyl sites for hydroxylation is 2. The van der Waals surface area contributed by atoms with Crippen molar-refractivity contribution in [2.75, 3.05) is 0 Å². The van der Waals surface area contributed by atoms with Gasteiger partial charge in [-0.15, -0.1) is 11.3 Å². The van der Waals surface area contributed by atoms with Crippen molar-refractivity contribution in [1.82, 2.24) is 34.9 Å². The Morgan fingerprint density at radius 2 is 0.793 bits per heavy atom. The smallest absolute Gasteiger partial charge is 0.145 e. The molecule has 0 saturated carbocycles. The van der Waals surface area contributed by atoms with E-state index in [1.165, 1.54) is 39.3 Å². The van der Waals surface area contributed by atoms with E-state index >= 15 is 0 Å². The van der Waals surface area contributed by atoms with Crippen molar-refractivity contribution in [1.29, 1.82) is 0 Å². The second-order valence-electron chi connectivity index (χ2n) is 32.1. The van der Waals surface area contributed by atoms with Crippen LogP contribution in [0.2, 0.25) is 0 Å². The summed E-state index contributed by atoms with van der Waals surface area (Å²) in [7, 11) is 0. The number of halogens is 2. The zero-order valence-electron chi connectivity index (χ0n) is 62.0. The molecule has 0 fully saturated rings. The molecule has 11 heteroatoms. The van der Waals surface area contributed by atoms with Gasteiger partial charge in [0.25, 0.3) is 0 Å². The first kappa shape index (κ1) is 83.3. The summed E-state index contributed by atoms with van der Waals surface area (Å²) in [4.78, 5) is 30.3. The number of pyridine rings is 5. The zero-order chi connectivity index (χ0) is 70.6. The molecule has 9 rings (SSSR count). The van der Waals surface area contributed by atoms with Crippen LogP contribution in [-0.4, -0.2) is 34.9 Å². The number of hydrogen-bond acceptors (Lipinski definition) is 9. The lowest BCUT2D eigenvalue weighted by atomic mass is 9.87. The van der Waals surface area contributed by atoms with Gasteiger partial charge in [-0.3, -0.25) is 34.9 Å². The van der Waals surface area contributed by atoms with Crippen LogP contribution < -0.4 is 0 Å². The SMILES string of the molecule is CC(C)(C)c1ccccc1.CC(C)(C)c1ccccn1.CC(C)(C)c1cccnc1.CC(C)(C)c1cccs1.CC(C)(C)c1ccsc1.CC(C)(C)c1cnccn1.CC(C)(C)c1ncccc1F.Cc1ccc(C(C)(C)C)nc1.Cc1cnc(C(C)(C)C)c(F)c1. The van der Waals surface area contributed by atoms with Crippen LogP contribution in [-0.2, 0) is 48.7 Å². The van der Waals surface area contributed by atoms with Gasteiger partial charge in [0.05, 0.1) is 17.1 Å². The van der Waals surface area contributed by atoms with Crippen molar-refractivity contribution in [2.24, 2.45) is 0 Å². The highest BCUT2D eigenvalue weighted by Gasteiger charge is 2.22. The molecule has 0 N–H and O–H groups in total. The Labute approximate surface area is 566 Å². The molecule has 8 aromatic heterocycles. The third kappa shape index (κ3) is 34.8. The summed E-state index contributed by atoms with van der Waals surface area (Å²) in [6.07, 6.45) is 16.0. The van der Waals surface area contributed by atoms with Gasteiger partial charge < -0.3 is 0 Å². The van der Waals surface area contributed by atoms with Gasteiger partial charge in [-0.2, -0.15) is 11.3 Å². The van der Waals surface area contributed by atoms with E-state index in [0.717, 1.165) is 22.6 Å². The fraction of sp³-hybridized carbons (Fsp3) is 0.469. The molecular formula is C81H117F2N7S2. The van der Waals surface area contributed by atoms with Gasteiger partial charge in [-0.05, 0) is 134 Å². The molecule has 7 nitrogen and oxygen atoms in total. The number of hydrogen-bond donors (Lipinski definition) is 0. The molecule has 0 amide bonds. The van der Waals surface area contributed by atoms with Crippen LogP contribution in [0, 0.1) is 25.5 Å². The molecule has 92 heavy (non-hydrogen) atoms. The first-order valence-corrected chi connectivity index (χ1v) is 33.8. The lowest BCUT2D eigenvalue weighted by Crippen LogP contribution is -2.15. The van der Waals surface area contributed by atoms with Crippen molar-refractivity contribution in [2.45, 2.75) is 250 Å². The standard InChI is InChI=1S/C10H14FN.C10H15N.C10H14.C9H12FN.2C9H13N.C8H12N2.2C8H12S/c1-7-5-8(11)9(12-6-7)10(2,3)4;1-8-5-6-9(11-7-8)10(2,3)4;1-10(2,3)9-7-5-4-6-8-9;1-9(2,3)8-7(10)5-4-6-11-8;1-9(2,3)8-5-4-6-10-7-8;1-9(2,3)8-6-4-5-7-10-8;1-8(2,3)7-6-9-4-5-10-7;1-8(2,3)7-4-5-9-6-7;1-8(2,3)7-5-4-6-9-7/h5-6H,1-4H3;5-7H,1-4H3;4-8H,1-3H3;4-6H,1-3H3;2*4-7H,1-3H3;4-6H,1-3H3;2*4-6H,1-3H3. The molecule has 0 atom stereocenters. The summed E-state index contributed by atoms with van der Waals surface area (Å²) in [6.45, 7) is 61.6. The molecule has 0 aliphatic rings. The predicted octanol–water partition coefficient (Wildman–Crippen LogP) is 23.6. The first-order valence-electron chi connectivity index (χ1n) is 31.9. The normalized spacial score (nSPS) is 11.6. The van der Waals surface area contributed by atoms with Crippen LogP contribution in [0.3, 0.4) is 0 Å². The zero-order valence-corrected chi connectivity index (χ0v) is 63.7. The van der Waals surface area contributed by atoms with Crippen LogP contribution in [0.1, 0.15) is 248 Å². The van der Waals surface area contributed by atoms with Gasteiger partial charge in [-0.1, -0.05) is 242 Å². The van der Waals surface area contributed by atoms with E-state index in [-0.39, 0.29) is 44.1 Å². The van der Waals surface area contributed by atoms with Crippen molar-refractivity contribution in [3.63, 3.8) is 0 Å². The van der Waals surface area contributed by atoms with Crippen LogP contribution in [0.25, 0.3) is 0 Å². The monoisotopic (exact) mass is 1290 g/mol. The Balaban J connectivity index is 0.000000518. The van der Waals surface area contributed by atoms with Crippen LogP contribution in [0.4, 0.5) is 8.78 Å². The molecule has 9 aromatic rings. The molecule has 0 aliphatic carbocycles. The Morgan fingerprint density at radius 3 is 1.11 bits per heavy atom. The molecule has 0 unspecified atom stereocenters. The lowest BCUT2D eigenvalue weighted by Gasteiger charge is -2.18. The molecule has 0 saturated heterocycles. The van der Waals surface area contributed by atoms with Gasteiger partial charge in [0.1, 0.15) is 11.6 Å². The number of thiophene rings is 2. The maximum atomic E-state index is 13.3. The van der Waals surface area contributed by atoms with E-state index in [4.69, 9.17) is 0 Å². The van der Waals surface area contributed by atoms with E-state index in [1.807, 2.05) is 96.6 Å². The summed E-state index contributed by atoms with van der Waals surface area (Å²) < 4.78 is 26.3. The second-order valence-corrected chi connectivity index (χ2v) is 33.8. The predicted molar refractivity (Wildman–Crippen MR) is 396 cm³/mol. The van der Waals surface area contributed by atoms with E-state index in [9.17, 15) is 8.78 Å². The molecule has 0 aliphatic heterocycles. The van der Waals surface area contributed by atoms with E-state index in [2.05, 4.69) is 276 Å². The second kappa shape index (κ2) is 37.3. The summed E-state index contributed by atoms with van der Waals surface area (Å²) >= 11 is 3.60. The van der Waals surface area contributed by atoms with Gasteiger partial charge in [0.2, 0.25) is 0 Å². The Kier molecular flexibility index (Phi) is 33.7. The topological polar surface area (TPSA) is 90.2 Å². The van der Waals surface area contributed by atoms with Crippen molar-refractivity contribution < 1.29 is 8.78 Å². The third-order valence-electron chi connectivity index (χ3n) is 13.4. The van der Waals surface area contributed by atoms with Crippen molar-refractivity contribution in [3.8, 4) is 0 Å². The lowest BCUT2D eigenvalue weighted by molar-refractivity contribution is 0.502. The largest absolute Gasteiger partial charge is 0.264 e. The minimum atomic E-state index is -0.222. The quantitative estimate of drug-likeness (QED) is 0.149. The maximum Gasteiger partial charge on any atom is 0.145 e. The highest BCUT2D eigenvalue weighted by atomic mass is 32.1. The number of nitrogens with zero attached hydrogens (tertiary/aromatic N) is 7. The Bertz CT molecular complexity index is 3100. The minimum Gasteiger partial charge on any atom is -0.264 e. The number of benzene rings is 1. The van der Waals surface area contributed by atoms with Gasteiger partial charge in [-0.25, -0.2) is 8.78 Å². The van der Waals surface area contributed by atoms with Crippen molar-refractivity contribution in [3.05, 3.63) is 254 Å². The summed E-state index contributed by atoms with van der Waals surface area (Å²) in [5, 5.41) is 6.46. The summed E-state index contributed by atoms with van der Waals surface area (Å²) in [5.41, 5.74) is 11.9. The fourth-order valence-corrected chi connectivity index (χ4v) is 9.27. The Morgan fingerprint density at radius 1 is 0.304 bits per heavy atom. The highest BCUT2D eigenvalue weighted by molar-refractivity contribution is 7.10. The van der Waals surface area contributed by atoms with Gasteiger partial charge >= 0.3 is 0 Å². The van der Waals surface area contributed by atoms with Gasteiger partial charge in [0.15, 0.2) is 0 Å². The van der Waals surface area contributed by atoms with E-state index < -0.39 is 0 Å². The maximum absolute atomic E-state index is 13.3. The van der Waals surface area contributed by atoms with Crippen LogP contribution in [0.15, 0.2) is 181 Å². The van der Waals surface area contributed by atoms with Gasteiger partial charge in [0, 0.05) is 99.1 Å². The molecule has 0 spiro atoms. The fourth-order valence-electron chi connectivity index (χ4n) is 7.57. The van der Waals surface area contributed by atoms with Crippen LogP contribution in [0.5, 0.6) is 0 Å². The summed E-state index contributed by atoms with van der Waals surface area (Å²) in [5.74, 6) is -0.428. The molecule has 502 valence electrons. The molecular weight excluding hydrogens is 1170 g/mol. The average Bonchev–Trinajstić information content (AvgIpc) is 1.31. The third-order valence-corrected chi connectivity index (χ3v) is 15.4. The molecule has 1 aromatic carbocycles. The van der Waals surface area contributed by atoms with Crippen molar-refractivity contribution >= 4 is 22.7 Å². The first-order chi connectivity index (χ1) is 42.1. The highest BCUT2D eigenvalue weighted by Crippen LogP contribution is 2.28. The molecule has 8 heterocycles. The minimum absolute atomic E-state index is 0.119. The average molecular weight is 1290 g/mol. The number of rotatable bonds is 0. The molecule has 0 radical (unpaired) electrons. The molecule has 0 bridgehead atoms. The Hall–Kier alpha value is -6.69. The van der Waals surface area contributed by atoms with E-state index in [1.54, 1.807) is 54.6 Å².